The smallest absolute Gasteiger partial charge is 0.347 e. The predicted octanol–water partition coefficient (Wildman–Crippen LogP) is 6.69. The summed E-state index contributed by atoms with van der Waals surface area (Å²) in [5.74, 6) is 1.45. The Morgan fingerprint density at radius 2 is 1.65 bits per heavy atom. The van der Waals surface area contributed by atoms with Gasteiger partial charge in [0.25, 0.3) is 0 Å². The minimum Gasteiger partial charge on any atom is -0.397 e. The first-order valence-electron chi connectivity index (χ1n) is 10.0. The molecule has 0 aliphatic heterocycles. The molecule has 3 atom stereocenters. The van der Waals surface area contributed by atoms with Crippen LogP contribution in [-0.4, -0.2) is 22.8 Å². The SMILES string of the molecule is CCCCC1CCCCC1[Si](OC)(OC)C(C)(C)C(C)CCC. The Morgan fingerprint density at radius 3 is 2.17 bits per heavy atom. The number of hydrogen-bond donors (Lipinski definition) is 0. The maximum atomic E-state index is 6.39. The Balaban J connectivity index is 3.13. The van der Waals surface area contributed by atoms with E-state index in [-0.39, 0.29) is 5.04 Å². The average Bonchev–Trinajstić information content (AvgIpc) is 2.55. The van der Waals surface area contributed by atoms with Gasteiger partial charge < -0.3 is 8.85 Å². The maximum Gasteiger partial charge on any atom is 0.347 e. The molecule has 138 valence electrons. The van der Waals surface area contributed by atoms with Crippen LogP contribution in [-0.2, 0) is 8.85 Å². The van der Waals surface area contributed by atoms with Gasteiger partial charge in [-0.1, -0.05) is 86.0 Å². The average molecular weight is 343 g/mol. The van der Waals surface area contributed by atoms with Crippen LogP contribution in [0.3, 0.4) is 0 Å². The predicted molar refractivity (Wildman–Crippen MR) is 103 cm³/mol. The molecular formula is C20H42O2Si. The molecule has 0 saturated heterocycles. The largest absolute Gasteiger partial charge is 0.397 e. The first-order valence-corrected chi connectivity index (χ1v) is 11.9. The van der Waals surface area contributed by atoms with Gasteiger partial charge in [0.2, 0.25) is 0 Å². The van der Waals surface area contributed by atoms with E-state index in [0.29, 0.717) is 11.5 Å². The van der Waals surface area contributed by atoms with E-state index in [4.69, 9.17) is 8.85 Å². The van der Waals surface area contributed by atoms with Crippen molar-refractivity contribution in [2.24, 2.45) is 11.8 Å². The minimum atomic E-state index is -2.28. The molecule has 0 aromatic rings. The van der Waals surface area contributed by atoms with Crippen LogP contribution < -0.4 is 0 Å². The first-order chi connectivity index (χ1) is 10.9. The summed E-state index contributed by atoms with van der Waals surface area (Å²) >= 11 is 0. The van der Waals surface area contributed by atoms with Crippen molar-refractivity contribution in [2.75, 3.05) is 14.2 Å². The molecular weight excluding hydrogens is 300 g/mol. The molecule has 1 aliphatic carbocycles. The van der Waals surface area contributed by atoms with Crippen molar-refractivity contribution in [3.05, 3.63) is 0 Å². The lowest BCUT2D eigenvalue weighted by atomic mass is 9.85. The van der Waals surface area contributed by atoms with E-state index >= 15 is 0 Å². The van der Waals surface area contributed by atoms with Crippen molar-refractivity contribution in [2.45, 2.75) is 103 Å². The van der Waals surface area contributed by atoms with Crippen molar-refractivity contribution in [3.8, 4) is 0 Å². The van der Waals surface area contributed by atoms with E-state index in [1.807, 2.05) is 14.2 Å². The zero-order valence-electron chi connectivity index (χ0n) is 16.9. The number of rotatable bonds is 10. The third-order valence-electron chi connectivity index (χ3n) is 6.78. The van der Waals surface area contributed by atoms with Gasteiger partial charge in [-0.3, -0.25) is 0 Å². The molecule has 0 radical (unpaired) electrons. The molecule has 0 spiro atoms. The highest BCUT2D eigenvalue weighted by Gasteiger charge is 2.59. The zero-order valence-corrected chi connectivity index (χ0v) is 17.9. The molecule has 0 N–H and O–H groups in total. The first kappa shape index (κ1) is 21.2. The van der Waals surface area contributed by atoms with Gasteiger partial charge >= 0.3 is 8.56 Å². The fourth-order valence-electron chi connectivity index (χ4n) is 5.05. The topological polar surface area (TPSA) is 18.5 Å². The van der Waals surface area contributed by atoms with Gasteiger partial charge in [0.1, 0.15) is 0 Å². The highest BCUT2D eigenvalue weighted by molar-refractivity contribution is 6.72. The molecule has 0 bridgehead atoms. The van der Waals surface area contributed by atoms with Crippen LogP contribution >= 0.6 is 0 Å². The molecule has 3 unspecified atom stereocenters. The third kappa shape index (κ3) is 4.41. The van der Waals surface area contributed by atoms with Crippen molar-refractivity contribution >= 4 is 8.56 Å². The third-order valence-corrected chi connectivity index (χ3v) is 12.0. The lowest BCUT2D eigenvalue weighted by Crippen LogP contribution is -2.58. The molecule has 23 heavy (non-hydrogen) atoms. The van der Waals surface area contributed by atoms with Crippen LogP contribution in [0.2, 0.25) is 10.6 Å². The second-order valence-electron chi connectivity index (χ2n) is 8.28. The second-order valence-corrected chi connectivity index (χ2v) is 12.5. The van der Waals surface area contributed by atoms with Gasteiger partial charge in [-0.05, 0) is 18.3 Å². The fraction of sp³-hybridized carbons (Fsp3) is 1.00. The summed E-state index contributed by atoms with van der Waals surface area (Å²) in [6.07, 6.45) is 12.0. The minimum absolute atomic E-state index is 0.152. The summed E-state index contributed by atoms with van der Waals surface area (Å²) in [5, 5.41) is 0.152. The van der Waals surface area contributed by atoms with E-state index in [1.165, 1.54) is 57.8 Å². The molecule has 0 heterocycles. The summed E-state index contributed by atoms with van der Waals surface area (Å²) in [6.45, 7) is 11.9. The Kier molecular flexibility index (Phi) is 8.82. The fourth-order valence-corrected chi connectivity index (χ4v) is 10.2. The van der Waals surface area contributed by atoms with Crippen LogP contribution in [0, 0.1) is 11.8 Å². The molecule has 3 heteroatoms. The molecule has 0 aromatic carbocycles. The van der Waals surface area contributed by atoms with Gasteiger partial charge in [0.15, 0.2) is 0 Å². The van der Waals surface area contributed by atoms with Crippen molar-refractivity contribution < 1.29 is 8.85 Å². The monoisotopic (exact) mass is 342 g/mol. The number of hydrogen-bond acceptors (Lipinski definition) is 2. The lowest BCUT2D eigenvalue weighted by Gasteiger charge is -2.52. The van der Waals surface area contributed by atoms with Gasteiger partial charge in [-0.25, -0.2) is 0 Å². The maximum absolute atomic E-state index is 6.39. The summed E-state index contributed by atoms with van der Waals surface area (Å²) in [5.41, 5.74) is 0.659. The van der Waals surface area contributed by atoms with E-state index in [0.717, 1.165) is 5.92 Å². The van der Waals surface area contributed by atoms with Crippen LogP contribution in [0.4, 0.5) is 0 Å². The Labute approximate surface area is 147 Å². The Morgan fingerprint density at radius 1 is 1.04 bits per heavy atom. The van der Waals surface area contributed by atoms with Crippen molar-refractivity contribution in [1.82, 2.24) is 0 Å². The standard InChI is InChI=1S/C20H42O2Si/c1-8-10-14-18-15-11-12-16-19(18)23(21-6,22-7)20(4,5)17(3)13-9-2/h17-19H,8-16H2,1-7H3. The van der Waals surface area contributed by atoms with Gasteiger partial charge in [0, 0.05) is 24.8 Å². The molecule has 0 aromatic heterocycles. The van der Waals surface area contributed by atoms with E-state index in [1.54, 1.807) is 0 Å². The van der Waals surface area contributed by atoms with E-state index in [9.17, 15) is 0 Å². The molecule has 1 aliphatic rings. The summed E-state index contributed by atoms with van der Waals surface area (Å²) in [7, 11) is 1.58. The molecule has 1 rings (SSSR count). The van der Waals surface area contributed by atoms with Crippen LogP contribution in [0.25, 0.3) is 0 Å². The molecule has 1 saturated carbocycles. The lowest BCUT2D eigenvalue weighted by molar-refractivity contribution is 0.146. The van der Waals surface area contributed by atoms with Crippen LogP contribution in [0.1, 0.15) is 92.4 Å². The van der Waals surface area contributed by atoms with E-state index in [2.05, 4.69) is 34.6 Å². The Hall–Kier alpha value is 0.137. The summed E-state index contributed by atoms with van der Waals surface area (Å²) in [4.78, 5) is 0. The molecule has 2 nitrogen and oxygen atoms in total. The van der Waals surface area contributed by atoms with Crippen molar-refractivity contribution in [1.29, 1.82) is 0 Å². The van der Waals surface area contributed by atoms with Gasteiger partial charge in [0.05, 0.1) is 0 Å². The highest BCUT2D eigenvalue weighted by atomic mass is 28.4. The van der Waals surface area contributed by atoms with Gasteiger partial charge in [-0.15, -0.1) is 0 Å². The van der Waals surface area contributed by atoms with E-state index < -0.39 is 8.56 Å². The van der Waals surface area contributed by atoms with Crippen molar-refractivity contribution in [3.63, 3.8) is 0 Å². The highest BCUT2D eigenvalue weighted by Crippen LogP contribution is 2.57. The zero-order chi connectivity index (χ0) is 17.5. The summed E-state index contributed by atoms with van der Waals surface area (Å²) in [6, 6.07) is 0. The molecule has 0 amide bonds. The van der Waals surface area contributed by atoms with Crippen LogP contribution in [0.15, 0.2) is 0 Å². The normalized spacial score (nSPS) is 24.7. The van der Waals surface area contributed by atoms with Gasteiger partial charge in [-0.2, -0.15) is 0 Å². The number of unbranched alkanes of at least 4 members (excludes halogenated alkanes) is 1. The van der Waals surface area contributed by atoms with Crippen LogP contribution in [0.5, 0.6) is 0 Å². The second kappa shape index (κ2) is 9.58. The quantitative estimate of drug-likeness (QED) is 0.412. The summed E-state index contributed by atoms with van der Waals surface area (Å²) < 4.78 is 12.8. The Bertz CT molecular complexity index is 326. The molecule has 1 fully saturated rings.